The molecule has 0 N–H and O–H groups in total. The van der Waals surface area contributed by atoms with Crippen LogP contribution in [-0.4, -0.2) is 17.1 Å². The molecule has 3 aromatic rings. The van der Waals surface area contributed by atoms with E-state index in [0.29, 0.717) is 18.1 Å². The summed E-state index contributed by atoms with van der Waals surface area (Å²) in [4.78, 5) is 5.62. The number of benzene rings is 3. The second-order valence-corrected chi connectivity index (χ2v) is 12.6. The van der Waals surface area contributed by atoms with Crippen LogP contribution in [0.2, 0.25) is 0 Å². The molecule has 0 fully saturated rings. The van der Waals surface area contributed by atoms with E-state index in [9.17, 15) is 0 Å². The van der Waals surface area contributed by atoms with Crippen molar-refractivity contribution in [3.05, 3.63) is 88.5 Å². The van der Waals surface area contributed by atoms with E-state index in [1.165, 1.54) is 88.1 Å². The Labute approximate surface area is 236 Å². The van der Waals surface area contributed by atoms with Crippen molar-refractivity contribution in [1.29, 1.82) is 0 Å². The van der Waals surface area contributed by atoms with Crippen molar-refractivity contribution in [3.8, 4) is 11.1 Å². The number of hydrogen-bond acceptors (Lipinski definition) is 2. The van der Waals surface area contributed by atoms with Crippen molar-refractivity contribution in [3.63, 3.8) is 0 Å². The van der Waals surface area contributed by atoms with Crippen LogP contribution in [0.1, 0.15) is 107 Å². The van der Waals surface area contributed by atoms with Gasteiger partial charge in [0.1, 0.15) is 6.17 Å². The number of hydrogen-bond donors (Lipinski definition) is 0. The summed E-state index contributed by atoms with van der Waals surface area (Å²) in [6, 6.07) is 24.1. The first-order valence-electron chi connectivity index (χ1n) is 15.5. The van der Waals surface area contributed by atoms with Crippen molar-refractivity contribution in [2.75, 3.05) is 4.90 Å². The standard InChI is InChI=1S/C37H46N2/c1-8-15-26(9-2)28-18-19-30-31-21-25(7)20-29-23-37(10-3,11-4)36-38(24(5)6)34(27-16-13-12-14-17-27)35(32(30)22-28)39(36)33(29)31/h12-14,16-22,24,26,36H,8-11,15,23H2,1-7H3. The van der Waals surface area contributed by atoms with Gasteiger partial charge in [0.2, 0.25) is 0 Å². The van der Waals surface area contributed by atoms with Crippen LogP contribution in [-0.2, 0) is 6.42 Å². The van der Waals surface area contributed by atoms with Crippen molar-refractivity contribution >= 4 is 17.1 Å². The van der Waals surface area contributed by atoms with Crippen LogP contribution >= 0.6 is 0 Å². The molecule has 0 amide bonds. The first-order valence-corrected chi connectivity index (χ1v) is 15.5. The van der Waals surface area contributed by atoms with Gasteiger partial charge in [0.25, 0.3) is 0 Å². The molecule has 2 nitrogen and oxygen atoms in total. The minimum Gasteiger partial charge on any atom is -0.346 e. The molecule has 2 unspecified atom stereocenters. The van der Waals surface area contributed by atoms with Crippen molar-refractivity contribution in [1.82, 2.24) is 4.90 Å². The Hall–Kier alpha value is -3.00. The normalized spacial score (nSPS) is 19.4. The Morgan fingerprint density at radius 2 is 1.59 bits per heavy atom. The fraction of sp³-hybridized carbons (Fsp3) is 0.459. The molecular weight excluding hydrogens is 472 g/mol. The summed E-state index contributed by atoms with van der Waals surface area (Å²) in [5, 5.41) is 0. The van der Waals surface area contributed by atoms with E-state index >= 15 is 0 Å². The highest BCUT2D eigenvalue weighted by Crippen LogP contribution is 2.62. The molecule has 204 valence electrons. The van der Waals surface area contributed by atoms with E-state index in [1.54, 1.807) is 0 Å². The third-order valence-electron chi connectivity index (χ3n) is 10.1. The van der Waals surface area contributed by atoms with Gasteiger partial charge >= 0.3 is 0 Å². The van der Waals surface area contributed by atoms with Gasteiger partial charge in [-0.25, -0.2) is 0 Å². The minimum absolute atomic E-state index is 0.188. The summed E-state index contributed by atoms with van der Waals surface area (Å²) < 4.78 is 0. The van der Waals surface area contributed by atoms with Crippen LogP contribution in [0.3, 0.4) is 0 Å². The molecule has 0 saturated heterocycles. The first kappa shape index (κ1) is 26.2. The predicted octanol–water partition coefficient (Wildman–Crippen LogP) is 10.0. The zero-order valence-electron chi connectivity index (χ0n) is 25.1. The Kier molecular flexibility index (Phi) is 6.64. The lowest BCUT2D eigenvalue weighted by Crippen LogP contribution is -2.58. The summed E-state index contributed by atoms with van der Waals surface area (Å²) in [5.74, 6) is 0.612. The molecule has 0 radical (unpaired) electrons. The van der Waals surface area contributed by atoms with Crippen LogP contribution in [0.4, 0.5) is 5.69 Å². The Morgan fingerprint density at radius 3 is 2.23 bits per heavy atom. The maximum absolute atomic E-state index is 2.82. The van der Waals surface area contributed by atoms with Crippen LogP contribution in [0.5, 0.6) is 0 Å². The van der Waals surface area contributed by atoms with Crippen molar-refractivity contribution in [2.24, 2.45) is 5.41 Å². The number of aryl methyl sites for hydroxylation is 1. The highest BCUT2D eigenvalue weighted by atomic mass is 15.4. The summed E-state index contributed by atoms with van der Waals surface area (Å²) in [6.45, 7) is 16.6. The van der Waals surface area contributed by atoms with E-state index in [0.717, 1.165) is 6.42 Å². The van der Waals surface area contributed by atoms with Gasteiger partial charge in [-0.15, -0.1) is 0 Å². The fourth-order valence-corrected chi connectivity index (χ4v) is 8.10. The second kappa shape index (κ2) is 9.88. The fourth-order valence-electron chi connectivity index (χ4n) is 8.10. The summed E-state index contributed by atoms with van der Waals surface area (Å²) in [7, 11) is 0. The quantitative estimate of drug-likeness (QED) is 0.293. The van der Waals surface area contributed by atoms with Crippen LogP contribution in [0.25, 0.3) is 22.5 Å². The average Bonchev–Trinajstić information content (AvgIpc) is 3.32. The summed E-state index contributed by atoms with van der Waals surface area (Å²) >= 11 is 0. The Morgan fingerprint density at radius 1 is 0.846 bits per heavy atom. The Balaban J connectivity index is 1.74. The topological polar surface area (TPSA) is 6.48 Å². The Bertz CT molecular complexity index is 1410. The molecule has 3 aromatic carbocycles. The predicted molar refractivity (Wildman–Crippen MR) is 168 cm³/mol. The zero-order chi connectivity index (χ0) is 27.5. The lowest BCUT2D eigenvalue weighted by Gasteiger charge is -2.54. The van der Waals surface area contributed by atoms with Crippen LogP contribution in [0, 0.1) is 12.3 Å². The highest BCUT2D eigenvalue weighted by molar-refractivity contribution is 6.10. The molecule has 3 aliphatic rings. The van der Waals surface area contributed by atoms with Gasteiger partial charge in [-0.2, -0.15) is 0 Å². The SMILES string of the molecule is CCCC(CC)c1ccc2c(c1)C1=C(c3ccccc3)N(C(C)C)C3N1c1c(cc(C)cc1-2)CC3(CC)CC. The zero-order valence-corrected chi connectivity index (χ0v) is 25.1. The molecule has 39 heavy (non-hydrogen) atoms. The van der Waals surface area contributed by atoms with E-state index in [-0.39, 0.29) is 5.41 Å². The van der Waals surface area contributed by atoms with E-state index < -0.39 is 0 Å². The average molecular weight is 519 g/mol. The molecular formula is C37H46N2. The van der Waals surface area contributed by atoms with Gasteiger partial charge in [-0.3, -0.25) is 0 Å². The van der Waals surface area contributed by atoms with Crippen molar-refractivity contribution < 1.29 is 0 Å². The maximum Gasteiger partial charge on any atom is 0.113 e. The van der Waals surface area contributed by atoms with E-state index in [4.69, 9.17) is 0 Å². The van der Waals surface area contributed by atoms with E-state index in [1.807, 2.05) is 0 Å². The third kappa shape index (κ3) is 3.81. The molecule has 0 spiro atoms. The molecule has 0 aromatic heterocycles. The van der Waals surface area contributed by atoms with Crippen molar-refractivity contribution in [2.45, 2.75) is 105 Å². The molecule has 2 atom stereocenters. The number of rotatable bonds is 8. The number of anilines is 1. The maximum atomic E-state index is 2.82. The lowest BCUT2D eigenvalue weighted by atomic mass is 9.68. The first-order chi connectivity index (χ1) is 18.9. The molecule has 3 heterocycles. The van der Waals surface area contributed by atoms with Gasteiger partial charge in [0, 0.05) is 28.1 Å². The van der Waals surface area contributed by atoms with E-state index in [2.05, 4.69) is 119 Å². The monoisotopic (exact) mass is 518 g/mol. The van der Waals surface area contributed by atoms with Crippen LogP contribution in [0.15, 0.2) is 60.7 Å². The smallest absolute Gasteiger partial charge is 0.113 e. The highest BCUT2D eigenvalue weighted by Gasteiger charge is 2.56. The summed E-state index contributed by atoms with van der Waals surface area (Å²) in [6.07, 6.45) is 7.48. The molecule has 6 rings (SSSR count). The van der Waals surface area contributed by atoms with Crippen LogP contribution < -0.4 is 4.90 Å². The third-order valence-corrected chi connectivity index (χ3v) is 10.1. The van der Waals surface area contributed by atoms with Gasteiger partial charge in [-0.1, -0.05) is 88.2 Å². The van der Waals surface area contributed by atoms with Gasteiger partial charge in [0.15, 0.2) is 0 Å². The van der Waals surface area contributed by atoms with Gasteiger partial charge in [-0.05, 0) is 87.6 Å². The molecule has 0 aliphatic carbocycles. The molecule has 2 heteroatoms. The lowest BCUT2D eigenvalue weighted by molar-refractivity contribution is 0.0825. The van der Waals surface area contributed by atoms with Gasteiger partial charge in [0.05, 0.1) is 17.1 Å². The molecule has 0 saturated carbocycles. The molecule has 3 aliphatic heterocycles. The summed E-state index contributed by atoms with van der Waals surface area (Å²) in [5.41, 5.74) is 14.5. The largest absolute Gasteiger partial charge is 0.346 e. The van der Waals surface area contributed by atoms with Gasteiger partial charge < -0.3 is 9.80 Å². The minimum atomic E-state index is 0.188. The molecule has 0 bridgehead atoms. The number of fused-ring (bicyclic) bond motifs is 3. The second-order valence-electron chi connectivity index (χ2n) is 12.6. The number of nitrogens with zero attached hydrogens (tertiary/aromatic N) is 2.